The van der Waals surface area contributed by atoms with E-state index < -0.39 is 0 Å². The zero-order valence-electron chi connectivity index (χ0n) is 11.0. The summed E-state index contributed by atoms with van der Waals surface area (Å²) in [5.74, 6) is 0.724. The van der Waals surface area contributed by atoms with Gasteiger partial charge in [-0.1, -0.05) is 44.0 Å². The molecule has 1 aliphatic carbocycles. The molecule has 1 nitrogen and oxygen atoms in total. The van der Waals surface area contributed by atoms with Crippen molar-refractivity contribution in [2.45, 2.75) is 51.0 Å². The third-order valence-electron chi connectivity index (χ3n) is 4.17. The molecular formula is C15H21ClIN. The van der Waals surface area contributed by atoms with Crippen molar-refractivity contribution in [2.24, 2.45) is 5.92 Å². The summed E-state index contributed by atoms with van der Waals surface area (Å²) in [6.07, 6.45) is 5.16. The molecule has 0 spiro atoms. The standard InChI is InChI=1S/C15H21ClIN/c1-11(2)10-14(18-17)15(8-3-9-15)12-4-6-13(16)7-5-12/h4-7,11,14,18H,3,8-10H2,1-2H3. The lowest BCUT2D eigenvalue weighted by molar-refractivity contribution is 0.172. The average molecular weight is 378 g/mol. The van der Waals surface area contributed by atoms with Gasteiger partial charge in [0, 0.05) is 39.3 Å². The van der Waals surface area contributed by atoms with Gasteiger partial charge in [0.05, 0.1) is 0 Å². The predicted molar refractivity (Wildman–Crippen MR) is 87.4 cm³/mol. The van der Waals surface area contributed by atoms with Crippen molar-refractivity contribution in [3.05, 3.63) is 34.9 Å². The molecule has 2 rings (SSSR count). The van der Waals surface area contributed by atoms with Crippen molar-refractivity contribution in [3.8, 4) is 0 Å². The normalized spacial score (nSPS) is 19.6. The fourth-order valence-corrected chi connectivity index (χ4v) is 4.00. The molecule has 0 heterocycles. The van der Waals surface area contributed by atoms with E-state index in [2.05, 4.69) is 52.4 Å². The van der Waals surface area contributed by atoms with E-state index in [4.69, 9.17) is 11.6 Å². The number of hydrogen-bond acceptors (Lipinski definition) is 1. The first-order chi connectivity index (χ1) is 8.58. The van der Waals surface area contributed by atoms with Crippen LogP contribution < -0.4 is 3.53 Å². The molecule has 1 fully saturated rings. The molecule has 0 aliphatic heterocycles. The molecule has 0 bridgehead atoms. The number of rotatable bonds is 5. The minimum atomic E-state index is 0.329. The lowest BCUT2D eigenvalue weighted by atomic mass is 9.59. The Labute approximate surface area is 129 Å². The third kappa shape index (κ3) is 2.86. The van der Waals surface area contributed by atoms with Crippen molar-refractivity contribution in [1.82, 2.24) is 3.53 Å². The van der Waals surface area contributed by atoms with Crippen LogP contribution in [0.15, 0.2) is 24.3 Å². The fourth-order valence-electron chi connectivity index (χ4n) is 3.02. The van der Waals surface area contributed by atoms with E-state index in [-0.39, 0.29) is 0 Å². The van der Waals surface area contributed by atoms with Gasteiger partial charge in [0.1, 0.15) is 0 Å². The summed E-state index contributed by atoms with van der Waals surface area (Å²) in [7, 11) is 0. The Kier molecular flexibility index (Phi) is 4.95. The molecule has 100 valence electrons. The molecule has 1 unspecified atom stereocenters. The first-order valence-corrected chi connectivity index (χ1v) is 8.16. The van der Waals surface area contributed by atoms with Gasteiger partial charge in [0.2, 0.25) is 0 Å². The quantitative estimate of drug-likeness (QED) is 0.555. The molecule has 1 aromatic rings. The maximum atomic E-state index is 6.00. The lowest BCUT2D eigenvalue weighted by Crippen LogP contribution is -2.50. The van der Waals surface area contributed by atoms with Gasteiger partial charge >= 0.3 is 0 Å². The number of hydrogen-bond donors (Lipinski definition) is 1. The van der Waals surface area contributed by atoms with Crippen LogP contribution in [0.2, 0.25) is 5.02 Å². The molecule has 1 aliphatic rings. The highest BCUT2D eigenvalue weighted by Gasteiger charge is 2.45. The summed E-state index contributed by atoms with van der Waals surface area (Å²) in [6, 6.07) is 9.03. The molecule has 1 saturated carbocycles. The summed E-state index contributed by atoms with van der Waals surface area (Å²) in [6.45, 7) is 4.60. The van der Waals surface area contributed by atoms with Gasteiger partial charge in [0.25, 0.3) is 0 Å². The van der Waals surface area contributed by atoms with E-state index in [1.165, 1.54) is 31.2 Å². The molecule has 1 atom stereocenters. The van der Waals surface area contributed by atoms with E-state index in [1.54, 1.807) is 0 Å². The minimum Gasteiger partial charge on any atom is -0.257 e. The van der Waals surface area contributed by atoms with Crippen molar-refractivity contribution in [3.63, 3.8) is 0 Å². The van der Waals surface area contributed by atoms with Crippen molar-refractivity contribution in [2.75, 3.05) is 0 Å². The molecule has 0 saturated heterocycles. The van der Waals surface area contributed by atoms with Crippen LogP contribution in [-0.4, -0.2) is 6.04 Å². The predicted octanol–water partition coefficient (Wildman–Crippen LogP) is 5.12. The van der Waals surface area contributed by atoms with Crippen LogP contribution in [0, 0.1) is 5.92 Å². The average Bonchev–Trinajstić information content (AvgIpc) is 2.28. The molecule has 1 aromatic carbocycles. The Hall–Kier alpha value is 0.200. The van der Waals surface area contributed by atoms with Gasteiger partial charge < -0.3 is 0 Å². The summed E-state index contributed by atoms with van der Waals surface area (Å²) in [5, 5.41) is 0.830. The monoisotopic (exact) mass is 377 g/mol. The molecule has 0 amide bonds. The highest BCUT2D eigenvalue weighted by atomic mass is 127. The van der Waals surface area contributed by atoms with Gasteiger partial charge in [0.15, 0.2) is 0 Å². The Balaban J connectivity index is 2.26. The number of halogens is 2. The summed E-state index contributed by atoms with van der Waals surface area (Å²) >= 11 is 8.33. The molecular weight excluding hydrogens is 357 g/mol. The van der Waals surface area contributed by atoms with Gasteiger partial charge in [-0.25, -0.2) is 0 Å². The molecule has 0 aromatic heterocycles. The zero-order valence-corrected chi connectivity index (χ0v) is 14.0. The summed E-state index contributed by atoms with van der Waals surface area (Å²) < 4.78 is 3.53. The van der Waals surface area contributed by atoms with Crippen molar-refractivity contribution in [1.29, 1.82) is 0 Å². The van der Waals surface area contributed by atoms with Gasteiger partial charge in [-0.15, -0.1) is 0 Å². The van der Waals surface area contributed by atoms with Crippen LogP contribution in [0.25, 0.3) is 0 Å². The Bertz CT molecular complexity index is 384. The zero-order chi connectivity index (χ0) is 13.2. The van der Waals surface area contributed by atoms with E-state index in [1.807, 2.05) is 12.1 Å². The first kappa shape index (κ1) is 14.6. The first-order valence-electron chi connectivity index (χ1n) is 6.70. The number of benzene rings is 1. The van der Waals surface area contributed by atoms with Crippen molar-refractivity contribution < 1.29 is 0 Å². The fraction of sp³-hybridized carbons (Fsp3) is 0.600. The summed E-state index contributed by atoms with van der Waals surface area (Å²) in [5.41, 5.74) is 1.78. The topological polar surface area (TPSA) is 12.0 Å². The third-order valence-corrected chi connectivity index (χ3v) is 5.17. The molecule has 0 radical (unpaired) electrons. The van der Waals surface area contributed by atoms with Crippen LogP contribution in [0.4, 0.5) is 0 Å². The number of nitrogens with one attached hydrogen (secondary N) is 1. The maximum Gasteiger partial charge on any atom is 0.0406 e. The van der Waals surface area contributed by atoms with Crippen LogP contribution >= 0.6 is 34.5 Å². The van der Waals surface area contributed by atoms with Crippen LogP contribution in [-0.2, 0) is 5.41 Å². The Morgan fingerprint density at radius 2 is 1.89 bits per heavy atom. The second kappa shape index (κ2) is 6.10. The van der Waals surface area contributed by atoms with E-state index in [9.17, 15) is 0 Å². The maximum absolute atomic E-state index is 6.00. The highest BCUT2D eigenvalue weighted by molar-refractivity contribution is 14.1. The molecule has 1 N–H and O–H groups in total. The van der Waals surface area contributed by atoms with Crippen LogP contribution in [0.3, 0.4) is 0 Å². The van der Waals surface area contributed by atoms with Crippen LogP contribution in [0.5, 0.6) is 0 Å². The Morgan fingerprint density at radius 3 is 2.28 bits per heavy atom. The lowest BCUT2D eigenvalue weighted by Gasteiger charge is -2.48. The molecule has 3 heteroatoms. The van der Waals surface area contributed by atoms with E-state index >= 15 is 0 Å². The second-order valence-corrected chi connectivity index (χ2v) is 6.87. The SMILES string of the molecule is CC(C)CC(NI)C1(c2ccc(Cl)cc2)CCC1. The summed E-state index contributed by atoms with van der Waals surface area (Å²) in [4.78, 5) is 0. The van der Waals surface area contributed by atoms with E-state index in [0.717, 1.165) is 10.9 Å². The van der Waals surface area contributed by atoms with E-state index in [0.29, 0.717) is 11.5 Å². The van der Waals surface area contributed by atoms with Crippen LogP contribution in [0.1, 0.15) is 45.1 Å². The van der Waals surface area contributed by atoms with Gasteiger partial charge in [-0.3, -0.25) is 3.53 Å². The highest BCUT2D eigenvalue weighted by Crippen LogP contribution is 2.48. The molecule has 18 heavy (non-hydrogen) atoms. The minimum absolute atomic E-state index is 0.329. The van der Waals surface area contributed by atoms with Crippen molar-refractivity contribution >= 4 is 34.5 Å². The second-order valence-electron chi connectivity index (χ2n) is 5.81. The smallest absolute Gasteiger partial charge is 0.0406 e. The van der Waals surface area contributed by atoms with Gasteiger partial charge in [-0.05, 0) is 42.9 Å². The Morgan fingerprint density at radius 1 is 1.28 bits per heavy atom. The van der Waals surface area contributed by atoms with Gasteiger partial charge in [-0.2, -0.15) is 0 Å². The largest absolute Gasteiger partial charge is 0.257 e.